The summed E-state index contributed by atoms with van der Waals surface area (Å²) in [5.74, 6) is -0.144. The van der Waals surface area contributed by atoms with Gasteiger partial charge in [0.25, 0.3) is 5.91 Å². The Morgan fingerprint density at radius 2 is 1.56 bits per heavy atom. The van der Waals surface area contributed by atoms with Crippen LogP contribution >= 0.6 is 0 Å². The van der Waals surface area contributed by atoms with Crippen molar-refractivity contribution in [3.05, 3.63) is 99.6 Å². The van der Waals surface area contributed by atoms with Crippen LogP contribution in [0.3, 0.4) is 0 Å². The molecule has 0 radical (unpaired) electrons. The monoisotopic (exact) mass is 529 g/mol. The summed E-state index contributed by atoms with van der Waals surface area (Å²) < 4.78 is 6.07. The van der Waals surface area contributed by atoms with Crippen LogP contribution in [0.15, 0.2) is 60.7 Å². The van der Waals surface area contributed by atoms with Crippen LogP contribution in [0.2, 0.25) is 0 Å². The molecule has 1 unspecified atom stereocenters. The molecule has 2 N–H and O–H groups in total. The van der Waals surface area contributed by atoms with Crippen molar-refractivity contribution in [2.24, 2.45) is 5.92 Å². The van der Waals surface area contributed by atoms with Gasteiger partial charge < -0.3 is 15.2 Å². The van der Waals surface area contributed by atoms with Crippen molar-refractivity contribution < 1.29 is 19.4 Å². The molecular weight excluding hydrogens is 486 g/mol. The highest BCUT2D eigenvalue weighted by Gasteiger charge is 2.21. The molecule has 1 amide bonds. The zero-order chi connectivity index (χ0) is 28.4. The Kier molecular flexibility index (Phi) is 11.2. The lowest BCUT2D eigenvalue weighted by molar-refractivity contribution is -0.136. The number of carboxylic acids is 1. The molecule has 1 atom stereocenters. The molecule has 0 heterocycles. The molecule has 0 saturated heterocycles. The predicted molar refractivity (Wildman–Crippen MR) is 157 cm³/mol. The van der Waals surface area contributed by atoms with Crippen molar-refractivity contribution in [3.8, 4) is 5.75 Å². The van der Waals surface area contributed by atoms with Gasteiger partial charge in [0.15, 0.2) is 0 Å². The first-order valence-electron chi connectivity index (χ1n) is 14.1. The van der Waals surface area contributed by atoms with Crippen LogP contribution in [0.25, 0.3) is 0 Å². The van der Waals surface area contributed by atoms with Crippen LogP contribution in [0.1, 0.15) is 96.2 Å². The lowest BCUT2D eigenvalue weighted by Crippen LogP contribution is -2.30. The van der Waals surface area contributed by atoms with Crippen LogP contribution in [0, 0.1) is 19.8 Å². The summed E-state index contributed by atoms with van der Waals surface area (Å²) in [6.07, 6.45) is 4.45. The van der Waals surface area contributed by atoms with Gasteiger partial charge in [0.05, 0.1) is 6.04 Å². The molecule has 0 aliphatic heterocycles. The number of ether oxygens (including phenoxy) is 1. The Morgan fingerprint density at radius 3 is 2.18 bits per heavy atom. The molecular formula is C34H43NO4. The average Bonchev–Trinajstić information content (AvgIpc) is 2.89. The van der Waals surface area contributed by atoms with Crippen molar-refractivity contribution >= 4 is 11.9 Å². The Labute approximate surface area is 233 Å². The number of hydrogen-bond acceptors (Lipinski definition) is 3. The lowest BCUT2D eigenvalue weighted by atomic mass is 9.93. The maximum atomic E-state index is 13.7. The van der Waals surface area contributed by atoms with Gasteiger partial charge in [-0.25, -0.2) is 0 Å². The maximum absolute atomic E-state index is 13.7. The number of aryl methyl sites for hydroxylation is 4. The van der Waals surface area contributed by atoms with E-state index < -0.39 is 5.97 Å². The van der Waals surface area contributed by atoms with Gasteiger partial charge >= 0.3 is 5.97 Å². The van der Waals surface area contributed by atoms with Gasteiger partial charge in [0.1, 0.15) is 12.4 Å². The third kappa shape index (κ3) is 9.58. The van der Waals surface area contributed by atoms with Crippen molar-refractivity contribution in [2.45, 2.75) is 85.8 Å². The Balaban J connectivity index is 1.82. The second-order valence-electron chi connectivity index (χ2n) is 11.0. The number of carbonyl (C=O) groups is 2. The quantitative estimate of drug-likeness (QED) is 0.224. The molecule has 0 aliphatic rings. The van der Waals surface area contributed by atoms with Crippen LogP contribution in [-0.2, 0) is 24.2 Å². The molecule has 0 aliphatic carbocycles. The molecule has 0 saturated carbocycles. The van der Waals surface area contributed by atoms with Gasteiger partial charge in [-0.15, -0.1) is 0 Å². The molecule has 0 aromatic heterocycles. The molecule has 0 fully saturated rings. The summed E-state index contributed by atoms with van der Waals surface area (Å²) >= 11 is 0. The minimum Gasteiger partial charge on any atom is -0.489 e. The Morgan fingerprint density at radius 1 is 0.897 bits per heavy atom. The van der Waals surface area contributed by atoms with E-state index in [1.807, 2.05) is 12.1 Å². The summed E-state index contributed by atoms with van der Waals surface area (Å²) in [4.78, 5) is 25.0. The summed E-state index contributed by atoms with van der Waals surface area (Å²) in [6.45, 7) is 11.0. The van der Waals surface area contributed by atoms with Crippen LogP contribution in [0.4, 0.5) is 0 Å². The number of nitrogens with one attached hydrogen (secondary N) is 1. The van der Waals surface area contributed by atoms with Crippen molar-refractivity contribution in [2.75, 3.05) is 0 Å². The number of rotatable bonds is 14. The molecule has 39 heavy (non-hydrogen) atoms. The number of aliphatic carboxylic acids is 1. The van der Waals surface area contributed by atoms with Gasteiger partial charge in [-0.05, 0) is 79.8 Å². The Hall–Kier alpha value is -3.60. The number of carboxylic acid groups (broad SMARTS) is 1. The normalized spacial score (nSPS) is 11.8. The van der Waals surface area contributed by atoms with Gasteiger partial charge in [-0.2, -0.15) is 0 Å². The zero-order valence-corrected chi connectivity index (χ0v) is 24.0. The summed E-state index contributed by atoms with van der Waals surface area (Å²) in [5.41, 5.74) is 6.93. The van der Waals surface area contributed by atoms with Crippen molar-refractivity contribution in [1.82, 2.24) is 5.32 Å². The standard InChI is InChI=1S/C34H43NO4/c1-6-7-8-26-9-11-27(12-10-26)22-39-30-15-13-28(14-16-33(36)37)31(21-30)34(38)35-32(17-23(2)3)29-19-24(4)18-25(5)20-29/h9-13,15,18-21,23,32H,6-8,14,16-17,22H2,1-5H3,(H,35,38)(H,36,37). The van der Waals surface area contributed by atoms with E-state index in [0.29, 0.717) is 29.4 Å². The molecule has 5 nitrogen and oxygen atoms in total. The molecule has 3 aromatic rings. The summed E-state index contributed by atoms with van der Waals surface area (Å²) in [6, 6.07) is 20.1. The van der Waals surface area contributed by atoms with Gasteiger partial charge in [0, 0.05) is 12.0 Å². The van der Waals surface area contributed by atoms with Crippen molar-refractivity contribution in [1.29, 1.82) is 0 Å². The molecule has 3 rings (SSSR count). The van der Waals surface area contributed by atoms with E-state index in [1.54, 1.807) is 6.07 Å². The van der Waals surface area contributed by atoms with Gasteiger partial charge in [-0.3, -0.25) is 9.59 Å². The minimum absolute atomic E-state index is 0.0443. The predicted octanol–water partition coefficient (Wildman–Crippen LogP) is 7.76. The van der Waals surface area contributed by atoms with Crippen molar-refractivity contribution in [3.63, 3.8) is 0 Å². The number of unbranched alkanes of at least 4 members (excludes halogenated alkanes) is 1. The molecule has 0 spiro atoms. The van der Waals surface area contributed by atoms with E-state index in [1.165, 1.54) is 18.4 Å². The first-order valence-corrected chi connectivity index (χ1v) is 14.1. The smallest absolute Gasteiger partial charge is 0.303 e. The molecule has 5 heteroatoms. The largest absolute Gasteiger partial charge is 0.489 e. The molecule has 208 valence electrons. The van der Waals surface area contributed by atoms with Gasteiger partial charge in [-0.1, -0.05) is 86.8 Å². The third-order valence-electron chi connectivity index (χ3n) is 6.84. The second kappa shape index (κ2) is 14.5. The number of amides is 1. The minimum atomic E-state index is -0.892. The topological polar surface area (TPSA) is 75.6 Å². The SMILES string of the molecule is CCCCc1ccc(COc2ccc(CCC(=O)O)c(C(=O)NC(CC(C)C)c3cc(C)cc(C)c3)c2)cc1. The number of hydrogen-bond donors (Lipinski definition) is 2. The fraction of sp³-hybridized carbons (Fsp3) is 0.412. The van der Waals surface area contributed by atoms with E-state index in [-0.39, 0.29) is 24.8 Å². The number of benzene rings is 3. The van der Waals surface area contributed by atoms with Gasteiger partial charge in [0.2, 0.25) is 0 Å². The fourth-order valence-corrected chi connectivity index (χ4v) is 4.86. The summed E-state index contributed by atoms with van der Waals surface area (Å²) in [7, 11) is 0. The first kappa shape index (κ1) is 29.9. The average molecular weight is 530 g/mol. The highest BCUT2D eigenvalue weighted by molar-refractivity contribution is 5.96. The molecule has 3 aromatic carbocycles. The van der Waals surface area contributed by atoms with Crippen LogP contribution in [-0.4, -0.2) is 17.0 Å². The summed E-state index contributed by atoms with van der Waals surface area (Å²) in [5, 5.41) is 12.5. The fourth-order valence-electron chi connectivity index (χ4n) is 4.86. The number of carbonyl (C=O) groups excluding carboxylic acids is 1. The van der Waals surface area contributed by atoms with Crippen LogP contribution in [0.5, 0.6) is 5.75 Å². The van der Waals surface area contributed by atoms with E-state index in [0.717, 1.165) is 35.1 Å². The first-order chi connectivity index (χ1) is 18.6. The lowest BCUT2D eigenvalue weighted by Gasteiger charge is -2.23. The second-order valence-corrected chi connectivity index (χ2v) is 11.0. The van der Waals surface area contributed by atoms with Crippen LogP contribution < -0.4 is 10.1 Å². The Bertz CT molecular complexity index is 1230. The van der Waals surface area contributed by atoms with E-state index in [2.05, 4.69) is 82.4 Å². The zero-order valence-electron chi connectivity index (χ0n) is 24.0. The van der Waals surface area contributed by atoms with E-state index >= 15 is 0 Å². The third-order valence-corrected chi connectivity index (χ3v) is 6.84. The maximum Gasteiger partial charge on any atom is 0.303 e. The van der Waals surface area contributed by atoms with E-state index in [4.69, 9.17) is 4.74 Å². The highest BCUT2D eigenvalue weighted by atomic mass is 16.5. The van der Waals surface area contributed by atoms with E-state index in [9.17, 15) is 14.7 Å². The molecule has 0 bridgehead atoms. The highest BCUT2D eigenvalue weighted by Crippen LogP contribution is 2.26.